The molecule has 1 aliphatic heterocycles. The van der Waals surface area contributed by atoms with Gasteiger partial charge in [0, 0.05) is 18.4 Å². The molecule has 0 bridgehead atoms. The molecule has 1 fully saturated rings. The fourth-order valence-electron chi connectivity index (χ4n) is 1.90. The van der Waals surface area contributed by atoms with Gasteiger partial charge in [-0.3, -0.25) is 9.88 Å². The van der Waals surface area contributed by atoms with Crippen LogP contribution in [0.1, 0.15) is 24.4 Å². The molecule has 0 saturated carbocycles. The Morgan fingerprint density at radius 3 is 2.92 bits per heavy atom. The van der Waals surface area contributed by atoms with Gasteiger partial charge in [0.15, 0.2) is 0 Å². The molecule has 0 amide bonds. The molecular formula is C10H14N2O. The van der Waals surface area contributed by atoms with Crippen molar-refractivity contribution in [1.29, 1.82) is 0 Å². The van der Waals surface area contributed by atoms with Gasteiger partial charge in [0.05, 0.1) is 0 Å². The van der Waals surface area contributed by atoms with Crippen LogP contribution in [-0.4, -0.2) is 28.3 Å². The zero-order valence-electron chi connectivity index (χ0n) is 7.72. The van der Waals surface area contributed by atoms with Gasteiger partial charge in [-0.1, -0.05) is 6.07 Å². The van der Waals surface area contributed by atoms with Crippen molar-refractivity contribution in [2.45, 2.75) is 25.1 Å². The molecule has 1 aliphatic rings. The van der Waals surface area contributed by atoms with E-state index in [0.717, 1.165) is 12.8 Å². The maximum Gasteiger partial charge on any atom is 0.107 e. The number of likely N-dealkylation sites (tertiary alicyclic amines) is 1. The van der Waals surface area contributed by atoms with Gasteiger partial charge in [0.25, 0.3) is 0 Å². The van der Waals surface area contributed by atoms with E-state index in [1.807, 2.05) is 24.2 Å². The largest absolute Gasteiger partial charge is 0.378 e. The van der Waals surface area contributed by atoms with Crippen molar-refractivity contribution >= 4 is 0 Å². The predicted octanol–water partition coefficient (Wildman–Crippen LogP) is 1.17. The zero-order valence-corrected chi connectivity index (χ0v) is 7.72. The van der Waals surface area contributed by atoms with E-state index < -0.39 is 0 Å². The SMILES string of the molecule is CN1C(O)CC[C@H]1c1cccnc1. The van der Waals surface area contributed by atoms with E-state index in [1.54, 1.807) is 6.20 Å². The number of rotatable bonds is 1. The van der Waals surface area contributed by atoms with E-state index in [1.165, 1.54) is 5.56 Å². The summed E-state index contributed by atoms with van der Waals surface area (Å²) in [5.41, 5.74) is 1.20. The second-order valence-electron chi connectivity index (χ2n) is 3.53. The number of nitrogens with zero attached hydrogens (tertiary/aromatic N) is 2. The van der Waals surface area contributed by atoms with Crippen LogP contribution in [0, 0.1) is 0 Å². The Balaban J connectivity index is 2.19. The maximum atomic E-state index is 9.53. The van der Waals surface area contributed by atoms with Gasteiger partial charge in [-0.25, -0.2) is 0 Å². The van der Waals surface area contributed by atoms with E-state index in [2.05, 4.69) is 11.1 Å². The Labute approximate surface area is 78.0 Å². The zero-order chi connectivity index (χ0) is 9.26. The van der Waals surface area contributed by atoms with E-state index in [0.29, 0.717) is 6.04 Å². The number of hydrogen-bond donors (Lipinski definition) is 1. The van der Waals surface area contributed by atoms with Crippen molar-refractivity contribution < 1.29 is 5.11 Å². The van der Waals surface area contributed by atoms with Crippen LogP contribution in [0.4, 0.5) is 0 Å². The first-order valence-electron chi connectivity index (χ1n) is 4.59. The topological polar surface area (TPSA) is 36.4 Å². The van der Waals surface area contributed by atoms with Crippen LogP contribution in [0.5, 0.6) is 0 Å². The minimum absolute atomic E-state index is 0.287. The van der Waals surface area contributed by atoms with Crippen LogP contribution >= 0.6 is 0 Å². The maximum absolute atomic E-state index is 9.53. The average Bonchev–Trinajstić information content (AvgIpc) is 2.49. The molecule has 1 saturated heterocycles. The molecule has 0 aromatic carbocycles. The summed E-state index contributed by atoms with van der Waals surface area (Å²) in [6.45, 7) is 0. The molecule has 0 aliphatic carbocycles. The smallest absolute Gasteiger partial charge is 0.107 e. The standard InChI is InChI=1S/C10H14N2O/c1-12-9(4-5-10(12)13)8-3-2-6-11-7-8/h2-3,6-7,9-10,13H,4-5H2,1H3/t9-,10?/m0/s1. The van der Waals surface area contributed by atoms with Crippen LogP contribution in [0.3, 0.4) is 0 Å². The molecule has 3 heteroatoms. The summed E-state index contributed by atoms with van der Waals surface area (Å²) < 4.78 is 0. The molecule has 70 valence electrons. The van der Waals surface area contributed by atoms with Crippen LogP contribution in [0.15, 0.2) is 24.5 Å². The van der Waals surface area contributed by atoms with Crippen molar-refractivity contribution in [1.82, 2.24) is 9.88 Å². The molecule has 2 heterocycles. The quantitative estimate of drug-likeness (QED) is 0.701. The molecule has 1 aromatic rings. The van der Waals surface area contributed by atoms with Crippen molar-refractivity contribution in [3.8, 4) is 0 Å². The van der Waals surface area contributed by atoms with Crippen LogP contribution in [0.2, 0.25) is 0 Å². The molecular weight excluding hydrogens is 164 g/mol. The minimum atomic E-state index is -0.287. The lowest BCUT2D eigenvalue weighted by Crippen LogP contribution is -2.26. The lowest BCUT2D eigenvalue weighted by Gasteiger charge is -2.22. The fourth-order valence-corrected chi connectivity index (χ4v) is 1.90. The van der Waals surface area contributed by atoms with Gasteiger partial charge in [-0.15, -0.1) is 0 Å². The summed E-state index contributed by atoms with van der Waals surface area (Å²) >= 11 is 0. The third-order valence-electron chi connectivity index (χ3n) is 2.73. The highest BCUT2D eigenvalue weighted by molar-refractivity contribution is 5.15. The van der Waals surface area contributed by atoms with Crippen LogP contribution < -0.4 is 0 Å². The molecule has 3 nitrogen and oxygen atoms in total. The van der Waals surface area contributed by atoms with E-state index in [4.69, 9.17) is 0 Å². The van der Waals surface area contributed by atoms with Crippen molar-refractivity contribution in [2.75, 3.05) is 7.05 Å². The Bertz CT molecular complexity index is 276. The molecule has 0 radical (unpaired) electrons. The Hall–Kier alpha value is -0.930. The van der Waals surface area contributed by atoms with Crippen molar-refractivity contribution in [2.24, 2.45) is 0 Å². The van der Waals surface area contributed by atoms with Crippen molar-refractivity contribution in [3.63, 3.8) is 0 Å². The lowest BCUT2D eigenvalue weighted by molar-refractivity contribution is 0.0373. The molecule has 1 N–H and O–H groups in total. The molecule has 2 rings (SSSR count). The number of aliphatic hydroxyl groups is 1. The van der Waals surface area contributed by atoms with E-state index >= 15 is 0 Å². The predicted molar refractivity (Wildman–Crippen MR) is 50.0 cm³/mol. The lowest BCUT2D eigenvalue weighted by atomic mass is 10.1. The van der Waals surface area contributed by atoms with Gasteiger partial charge in [-0.05, 0) is 31.5 Å². The summed E-state index contributed by atoms with van der Waals surface area (Å²) in [4.78, 5) is 6.08. The Kier molecular flexibility index (Phi) is 2.29. The van der Waals surface area contributed by atoms with Gasteiger partial charge >= 0.3 is 0 Å². The Morgan fingerprint density at radius 2 is 2.38 bits per heavy atom. The third kappa shape index (κ3) is 1.57. The normalized spacial score (nSPS) is 29.4. The summed E-state index contributed by atoms with van der Waals surface area (Å²) in [7, 11) is 1.95. The summed E-state index contributed by atoms with van der Waals surface area (Å²) in [5.74, 6) is 0. The van der Waals surface area contributed by atoms with Gasteiger partial charge in [-0.2, -0.15) is 0 Å². The highest BCUT2D eigenvalue weighted by atomic mass is 16.3. The van der Waals surface area contributed by atoms with E-state index in [-0.39, 0.29) is 6.23 Å². The molecule has 1 aromatic heterocycles. The van der Waals surface area contributed by atoms with Gasteiger partial charge in [0.1, 0.15) is 6.23 Å². The summed E-state index contributed by atoms with van der Waals surface area (Å²) in [6, 6.07) is 4.34. The number of aromatic nitrogens is 1. The first kappa shape index (κ1) is 8.66. The second kappa shape index (κ2) is 3.44. The number of hydrogen-bond acceptors (Lipinski definition) is 3. The highest BCUT2D eigenvalue weighted by Gasteiger charge is 2.29. The number of aliphatic hydroxyl groups excluding tert-OH is 1. The monoisotopic (exact) mass is 178 g/mol. The summed E-state index contributed by atoms with van der Waals surface area (Å²) in [5, 5.41) is 9.53. The van der Waals surface area contributed by atoms with Crippen molar-refractivity contribution in [3.05, 3.63) is 30.1 Å². The summed E-state index contributed by atoms with van der Waals surface area (Å²) in [6.07, 6.45) is 5.23. The first-order valence-corrected chi connectivity index (χ1v) is 4.59. The molecule has 2 atom stereocenters. The van der Waals surface area contributed by atoms with Gasteiger partial charge in [0.2, 0.25) is 0 Å². The van der Waals surface area contributed by atoms with E-state index in [9.17, 15) is 5.11 Å². The van der Waals surface area contributed by atoms with Gasteiger partial charge < -0.3 is 5.11 Å². The fraction of sp³-hybridized carbons (Fsp3) is 0.500. The highest BCUT2D eigenvalue weighted by Crippen LogP contribution is 2.32. The molecule has 0 spiro atoms. The number of pyridine rings is 1. The minimum Gasteiger partial charge on any atom is -0.378 e. The molecule has 1 unspecified atom stereocenters. The van der Waals surface area contributed by atoms with Crippen LogP contribution in [0.25, 0.3) is 0 Å². The third-order valence-corrected chi connectivity index (χ3v) is 2.73. The average molecular weight is 178 g/mol. The van der Waals surface area contributed by atoms with Crippen LogP contribution in [-0.2, 0) is 0 Å². The first-order chi connectivity index (χ1) is 6.29. The Morgan fingerprint density at radius 1 is 1.54 bits per heavy atom. The molecule has 13 heavy (non-hydrogen) atoms. The second-order valence-corrected chi connectivity index (χ2v) is 3.53.